The van der Waals surface area contributed by atoms with Gasteiger partial charge < -0.3 is 14.5 Å². The summed E-state index contributed by atoms with van der Waals surface area (Å²) >= 11 is 6.09. The molecule has 0 N–H and O–H groups in total. The van der Waals surface area contributed by atoms with Crippen molar-refractivity contribution in [2.75, 3.05) is 38.2 Å². The maximum atomic E-state index is 13.3. The molecule has 0 atom stereocenters. The normalized spacial score (nSPS) is 14.0. The van der Waals surface area contributed by atoms with Crippen LogP contribution in [0, 0.1) is 5.82 Å². The molecule has 0 radical (unpaired) electrons. The zero-order chi connectivity index (χ0) is 22.9. The van der Waals surface area contributed by atoms with E-state index < -0.39 is 0 Å². The van der Waals surface area contributed by atoms with Crippen LogP contribution >= 0.6 is 11.6 Å². The summed E-state index contributed by atoms with van der Waals surface area (Å²) in [7, 11) is 1.53. The molecule has 9 nitrogen and oxygen atoms in total. The average Bonchev–Trinajstić information content (AvgIpc) is 3.28. The number of hydrogen-bond donors (Lipinski definition) is 0. The molecule has 4 aromatic rings. The second-order valence-corrected chi connectivity index (χ2v) is 7.91. The highest BCUT2D eigenvalue weighted by Crippen LogP contribution is 2.27. The Morgan fingerprint density at radius 2 is 1.82 bits per heavy atom. The van der Waals surface area contributed by atoms with Crippen molar-refractivity contribution >= 4 is 34.5 Å². The van der Waals surface area contributed by atoms with Crippen molar-refractivity contribution in [3.05, 3.63) is 65.2 Å². The van der Waals surface area contributed by atoms with Gasteiger partial charge in [-0.1, -0.05) is 16.8 Å². The van der Waals surface area contributed by atoms with Crippen molar-refractivity contribution in [2.24, 2.45) is 0 Å². The topological polar surface area (TPSA) is 89.3 Å². The fourth-order valence-corrected chi connectivity index (χ4v) is 4.04. The molecule has 11 heteroatoms. The molecule has 2 aromatic heterocycles. The lowest BCUT2D eigenvalue weighted by atomic mass is 10.1. The third-order valence-electron chi connectivity index (χ3n) is 5.55. The molecule has 168 valence electrons. The molecule has 1 saturated heterocycles. The van der Waals surface area contributed by atoms with E-state index in [0.29, 0.717) is 65.2 Å². The van der Waals surface area contributed by atoms with Crippen LogP contribution < -0.4 is 9.64 Å². The minimum Gasteiger partial charge on any atom is -0.496 e. The summed E-state index contributed by atoms with van der Waals surface area (Å²) in [5.41, 5.74) is 2.14. The van der Waals surface area contributed by atoms with Crippen molar-refractivity contribution in [3.8, 4) is 11.4 Å². The van der Waals surface area contributed by atoms with Crippen LogP contribution in [0.15, 0.2) is 48.8 Å². The lowest BCUT2D eigenvalue weighted by Crippen LogP contribution is -2.49. The fourth-order valence-electron chi connectivity index (χ4n) is 3.86. The summed E-state index contributed by atoms with van der Waals surface area (Å²) in [5.74, 6) is 0.660. The maximum Gasteiger partial charge on any atom is 0.257 e. The van der Waals surface area contributed by atoms with Crippen LogP contribution in [0.2, 0.25) is 5.02 Å². The molecule has 3 heterocycles. The number of hydrogen-bond acceptors (Lipinski definition) is 7. The average molecular weight is 468 g/mol. The number of methoxy groups -OCH3 is 1. The highest BCUT2D eigenvalue weighted by atomic mass is 35.5. The number of ether oxygens (including phenoxy) is 1. The smallest absolute Gasteiger partial charge is 0.257 e. The Hall–Kier alpha value is -3.79. The zero-order valence-corrected chi connectivity index (χ0v) is 18.4. The molecule has 0 bridgehead atoms. The zero-order valence-electron chi connectivity index (χ0n) is 17.7. The molecular weight excluding hydrogens is 449 g/mol. The van der Waals surface area contributed by atoms with Gasteiger partial charge in [-0.3, -0.25) is 4.79 Å². The Kier molecular flexibility index (Phi) is 5.51. The molecule has 0 unspecified atom stereocenters. The van der Waals surface area contributed by atoms with Gasteiger partial charge >= 0.3 is 0 Å². The number of anilines is 1. The minimum atomic E-state index is -0.332. The summed E-state index contributed by atoms with van der Waals surface area (Å²) in [4.78, 5) is 25.6. The number of halogens is 2. The van der Waals surface area contributed by atoms with Gasteiger partial charge in [0.05, 0.1) is 18.4 Å². The van der Waals surface area contributed by atoms with Gasteiger partial charge in [-0.2, -0.15) is 4.68 Å². The van der Waals surface area contributed by atoms with Crippen molar-refractivity contribution in [1.29, 1.82) is 0 Å². The molecule has 1 fully saturated rings. The number of rotatable bonds is 4. The van der Waals surface area contributed by atoms with Crippen LogP contribution in [0.4, 0.5) is 10.2 Å². The van der Waals surface area contributed by atoms with Gasteiger partial charge in [-0.05, 0) is 42.5 Å². The Balaban J connectivity index is 1.36. The van der Waals surface area contributed by atoms with E-state index in [1.54, 1.807) is 39.9 Å². The van der Waals surface area contributed by atoms with E-state index in [0.717, 1.165) is 0 Å². The number of amides is 1. The van der Waals surface area contributed by atoms with Crippen LogP contribution in [-0.2, 0) is 0 Å². The Bertz CT molecular complexity index is 1320. The SMILES string of the molecule is COc1ccc(Cl)cc1C(=O)N1CCN(c2ncnc3c2nnn3-c2ccc(F)cc2)CC1. The maximum absolute atomic E-state index is 13.3. The van der Waals surface area contributed by atoms with Crippen LogP contribution in [-0.4, -0.2) is 69.1 Å². The van der Waals surface area contributed by atoms with Crippen molar-refractivity contribution in [3.63, 3.8) is 0 Å². The molecule has 1 aliphatic heterocycles. The summed E-state index contributed by atoms with van der Waals surface area (Å²) < 4.78 is 20.2. The molecule has 1 aliphatic rings. The van der Waals surface area contributed by atoms with Gasteiger partial charge in [-0.25, -0.2) is 14.4 Å². The summed E-state index contributed by atoms with van der Waals surface area (Å²) in [6.45, 7) is 2.10. The van der Waals surface area contributed by atoms with Crippen molar-refractivity contribution in [2.45, 2.75) is 0 Å². The molecule has 2 aromatic carbocycles. The van der Waals surface area contributed by atoms with Crippen LogP contribution in [0.25, 0.3) is 16.9 Å². The Labute approximate surface area is 193 Å². The van der Waals surface area contributed by atoms with Crippen molar-refractivity contribution in [1.82, 2.24) is 29.9 Å². The summed E-state index contributed by atoms with van der Waals surface area (Å²) in [6, 6.07) is 10.9. The quantitative estimate of drug-likeness (QED) is 0.456. The summed E-state index contributed by atoms with van der Waals surface area (Å²) in [5, 5.41) is 8.93. The molecular formula is C22H19ClFN7O2. The van der Waals surface area contributed by atoms with Crippen LogP contribution in [0.1, 0.15) is 10.4 Å². The largest absolute Gasteiger partial charge is 0.496 e. The standard InChI is InChI=1S/C22H19ClFN7O2/c1-33-18-7-2-14(23)12-17(18)22(32)30-10-8-29(9-11-30)20-19-21(26-13-25-20)31(28-27-19)16-5-3-15(24)4-6-16/h2-7,12-13H,8-11H2,1H3. The van der Waals surface area contributed by atoms with Crippen LogP contribution in [0.5, 0.6) is 5.75 Å². The van der Waals surface area contributed by atoms with Gasteiger partial charge in [0, 0.05) is 31.2 Å². The van der Waals surface area contributed by atoms with Gasteiger partial charge in [0.25, 0.3) is 5.91 Å². The Morgan fingerprint density at radius 3 is 2.55 bits per heavy atom. The summed E-state index contributed by atoms with van der Waals surface area (Å²) in [6.07, 6.45) is 1.45. The molecule has 33 heavy (non-hydrogen) atoms. The van der Waals surface area contributed by atoms with E-state index in [1.165, 1.54) is 25.6 Å². The predicted molar refractivity (Wildman–Crippen MR) is 121 cm³/mol. The minimum absolute atomic E-state index is 0.135. The van der Waals surface area contributed by atoms with Gasteiger partial charge in [0.1, 0.15) is 17.9 Å². The van der Waals surface area contributed by atoms with E-state index in [2.05, 4.69) is 20.3 Å². The number of piperazine rings is 1. The van der Waals surface area contributed by atoms with Gasteiger partial charge in [0.15, 0.2) is 17.0 Å². The Morgan fingerprint density at radius 1 is 1.06 bits per heavy atom. The first-order valence-corrected chi connectivity index (χ1v) is 10.6. The lowest BCUT2D eigenvalue weighted by molar-refractivity contribution is 0.0743. The molecule has 5 rings (SSSR count). The predicted octanol–water partition coefficient (Wildman–Crippen LogP) is 2.97. The second-order valence-electron chi connectivity index (χ2n) is 7.47. The number of fused-ring (bicyclic) bond motifs is 1. The first-order valence-electron chi connectivity index (χ1n) is 10.3. The third kappa shape index (κ3) is 3.93. The molecule has 1 amide bonds. The lowest BCUT2D eigenvalue weighted by Gasteiger charge is -2.35. The number of carbonyl (C=O) groups is 1. The second kappa shape index (κ2) is 8.62. The number of aromatic nitrogens is 5. The van der Waals surface area contributed by atoms with Crippen LogP contribution in [0.3, 0.4) is 0 Å². The first-order chi connectivity index (χ1) is 16.0. The molecule has 0 spiro atoms. The fraction of sp³-hybridized carbons (Fsp3) is 0.227. The highest BCUT2D eigenvalue weighted by molar-refractivity contribution is 6.31. The monoisotopic (exact) mass is 467 g/mol. The number of benzene rings is 2. The van der Waals surface area contributed by atoms with E-state index in [-0.39, 0.29) is 11.7 Å². The van der Waals surface area contributed by atoms with Crippen molar-refractivity contribution < 1.29 is 13.9 Å². The van der Waals surface area contributed by atoms with E-state index in [9.17, 15) is 9.18 Å². The number of nitrogens with zero attached hydrogens (tertiary/aromatic N) is 7. The molecule has 0 saturated carbocycles. The van der Waals surface area contributed by atoms with Gasteiger partial charge in [-0.15, -0.1) is 5.10 Å². The van der Waals surface area contributed by atoms with E-state index in [4.69, 9.17) is 16.3 Å². The van der Waals surface area contributed by atoms with E-state index >= 15 is 0 Å². The molecule has 0 aliphatic carbocycles. The van der Waals surface area contributed by atoms with Gasteiger partial charge in [0.2, 0.25) is 0 Å². The van der Waals surface area contributed by atoms with E-state index in [1.807, 2.05) is 4.90 Å². The first kappa shape index (κ1) is 21.1. The number of carbonyl (C=O) groups excluding carboxylic acids is 1. The highest BCUT2D eigenvalue weighted by Gasteiger charge is 2.27. The third-order valence-corrected chi connectivity index (χ3v) is 5.78.